The number of β-amino-alcohol motifs (C(OH)–C–C–N with tert-alkyl or cyclic N) is 1. The van der Waals surface area contributed by atoms with Crippen molar-refractivity contribution in [3.8, 4) is 0 Å². The van der Waals surface area contributed by atoms with Crippen LogP contribution in [-0.4, -0.2) is 59.7 Å². The van der Waals surface area contributed by atoms with Crippen LogP contribution in [0, 0.1) is 0 Å². The Morgan fingerprint density at radius 1 is 1.33 bits per heavy atom. The van der Waals surface area contributed by atoms with Crippen LogP contribution in [0.3, 0.4) is 0 Å². The van der Waals surface area contributed by atoms with Gasteiger partial charge in [-0.1, -0.05) is 0 Å². The van der Waals surface area contributed by atoms with E-state index in [4.69, 9.17) is 9.84 Å². The minimum Gasteiger partial charge on any atom is -0.395 e. The summed E-state index contributed by atoms with van der Waals surface area (Å²) in [5, 5.41) is 18.5. The molecule has 1 unspecified atom stereocenters. The zero-order valence-corrected chi connectivity index (χ0v) is 9.19. The van der Waals surface area contributed by atoms with Crippen molar-refractivity contribution in [3.05, 3.63) is 0 Å². The highest BCUT2D eigenvalue weighted by atomic mass is 16.5. The molecule has 1 spiro atoms. The normalized spacial score (nSPS) is 32.0. The van der Waals surface area contributed by atoms with E-state index in [9.17, 15) is 5.11 Å². The predicted octanol–water partition coefficient (Wildman–Crippen LogP) is -0.0154. The molecule has 15 heavy (non-hydrogen) atoms. The largest absolute Gasteiger partial charge is 0.395 e. The molecule has 1 atom stereocenters. The van der Waals surface area contributed by atoms with E-state index in [-0.39, 0.29) is 18.3 Å². The maximum atomic E-state index is 9.66. The quantitative estimate of drug-likeness (QED) is 0.680. The van der Waals surface area contributed by atoms with E-state index in [1.165, 1.54) is 0 Å². The molecule has 2 N–H and O–H groups in total. The fraction of sp³-hybridized carbons (Fsp3) is 1.00. The Hall–Kier alpha value is -0.160. The second-order valence-electron chi connectivity index (χ2n) is 4.74. The van der Waals surface area contributed by atoms with Crippen LogP contribution in [0.4, 0.5) is 0 Å². The molecule has 0 aliphatic carbocycles. The highest BCUT2D eigenvalue weighted by Gasteiger charge is 2.39. The first-order chi connectivity index (χ1) is 7.24. The zero-order valence-electron chi connectivity index (χ0n) is 9.19. The molecule has 2 aliphatic heterocycles. The molecule has 0 radical (unpaired) electrons. The van der Waals surface area contributed by atoms with Gasteiger partial charge in [0.2, 0.25) is 0 Å². The number of aliphatic hydroxyl groups excluding tert-OH is 2. The maximum absolute atomic E-state index is 9.66. The molecule has 2 heterocycles. The van der Waals surface area contributed by atoms with Crippen molar-refractivity contribution in [1.82, 2.24) is 4.90 Å². The molecule has 2 rings (SSSR count). The summed E-state index contributed by atoms with van der Waals surface area (Å²) in [5.41, 5.74) is -0.0659. The van der Waals surface area contributed by atoms with E-state index in [1.54, 1.807) is 0 Å². The number of aliphatic hydroxyl groups is 2. The fourth-order valence-corrected chi connectivity index (χ4v) is 2.68. The molecular weight excluding hydrogens is 194 g/mol. The lowest BCUT2D eigenvalue weighted by atomic mass is 9.83. The van der Waals surface area contributed by atoms with Crippen molar-refractivity contribution in [2.75, 3.05) is 32.8 Å². The summed E-state index contributed by atoms with van der Waals surface area (Å²) >= 11 is 0. The SMILES string of the molecule is OCCN1CCC2(CC1)CC(O)CCO2. The molecule has 4 nitrogen and oxygen atoms in total. The lowest BCUT2D eigenvalue weighted by Crippen LogP contribution is -2.50. The lowest BCUT2D eigenvalue weighted by Gasteiger charge is -2.45. The van der Waals surface area contributed by atoms with Gasteiger partial charge in [0.1, 0.15) is 0 Å². The van der Waals surface area contributed by atoms with Gasteiger partial charge in [-0.2, -0.15) is 0 Å². The molecular formula is C11H21NO3. The summed E-state index contributed by atoms with van der Waals surface area (Å²) in [7, 11) is 0. The third kappa shape index (κ3) is 2.69. The first kappa shape index (κ1) is 11.3. The number of likely N-dealkylation sites (tertiary alicyclic amines) is 1. The molecule has 0 aromatic heterocycles. The van der Waals surface area contributed by atoms with Gasteiger partial charge in [0.15, 0.2) is 0 Å². The minimum atomic E-state index is -0.178. The van der Waals surface area contributed by atoms with Crippen molar-refractivity contribution in [3.63, 3.8) is 0 Å². The van der Waals surface area contributed by atoms with Crippen LogP contribution in [0.25, 0.3) is 0 Å². The zero-order chi connectivity index (χ0) is 10.7. The van der Waals surface area contributed by atoms with Crippen molar-refractivity contribution in [1.29, 1.82) is 0 Å². The molecule has 2 saturated heterocycles. The van der Waals surface area contributed by atoms with Gasteiger partial charge in [-0.25, -0.2) is 0 Å². The Labute approximate surface area is 90.8 Å². The smallest absolute Gasteiger partial charge is 0.0731 e. The molecule has 2 fully saturated rings. The van der Waals surface area contributed by atoms with E-state index < -0.39 is 0 Å². The maximum Gasteiger partial charge on any atom is 0.0731 e. The van der Waals surface area contributed by atoms with E-state index in [0.717, 1.165) is 45.3 Å². The van der Waals surface area contributed by atoms with Gasteiger partial charge >= 0.3 is 0 Å². The van der Waals surface area contributed by atoms with Crippen molar-refractivity contribution in [2.45, 2.75) is 37.4 Å². The average molecular weight is 215 g/mol. The van der Waals surface area contributed by atoms with Crippen LogP contribution in [0.2, 0.25) is 0 Å². The first-order valence-electron chi connectivity index (χ1n) is 5.89. The second kappa shape index (κ2) is 4.78. The number of hydrogen-bond donors (Lipinski definition) is 2. The Morgan fingerprint density at radius 3 is 2.67 bits per heavy atom. The van der Waals surface area contributed by atoms with Crippen LogP contribution in [0.5, 0.6) is 0 Å². The molecule has 0 aromatic carbocycles. The molecule has 2 aliphatic rings. The van der Waals surface area contributed by atoms with Crippen LogP contribution in [0.1, 0.15) is 25.7 Å². The number of nitrogens with zero attached hydrogens (tertiary/aromatic N) is 1. The van der Waals surface area contributed by atoms with Crippen molar-refractivity contribution < 1.29 is 14.9 Å². The van der Waals surface area contributed by atoms with Crippen molar-refractivity contribution >= 4 is 0 Å². The summed E-state index contributed by atoms with van der Waals surface area (Å²) in [4.78, 5) is 2.26. The Kier molecular flexibility index (Phi) is 3.61. The Morgan fingerprint density at radius 2 is 2.07 bits per heavy atom. The van der Waals surface area contributed by atoms with E-state index in [1.807, 2.05) is 0 Å². The standard InChI is InChI=1S/C11H21NO3/c13-7-6-12-4-2-11(3-5-12)9-10(14)1-8-15-11/h10,13-14H,1-9H2. The summed E-state index contributed by atoms with van der Waals surface area (Å²) in [6.45, 7) is 3.65. The van der Waals surface area contributed by atoms with Gasteiger partial charge in [-0.3, -0.25) is 0 Å². The molecule has 0 aromatic rings. The number of rotatable bonds is 2. The molecule has 0 bridgehead atoms. The van der Waals surface area contributed by atoms with E-state index in [2.05, 4.69) is 4.90 Å². The van der Waals surface area contributed by atoms with E-state index >= 15 is 0 Å². The van der Waals surface area contributed by atoms with Crippen LogP contribution in [0.15, 0.2) is 0 Å². The van der Waals surface area contributed by atoms with Gasteiger partial charge in [0.05, 0.1) is 18.3 Å². The average Bonchev–Trinajstić information content (AvgIpc) is 2.22. The summed E-state index contributed by atoms with van der Waals surface area (Å²) in [5.74, 6) is 0. The van der Waals surface area contributed by atoms with Crippen LogP contribution in [-0.2, 0) is 4.74 Å². The highest BCUT2D eigenvalue weighted by Crippen LogP contribution is 2.34. The lowest BCUT2D eigenvalue weighted by molar-refractivity contribution is -0.143. The number of piperidine rings is 1. The number of ether oxygens (including phenoxy) is 1. The van der Waals surface area contributed by atoms with Gasteiger partial charge in [-0.15, -0.1) is 0 Å². The van der Waals surface area contributed by atoms with Gasteiger partial charge < -0.3 is 19.8 Å². The van der Waals surface area contributed by atoms with Crippen LogP contribution >= 0.6 is 0 Å². The van der Waals surface area contributed by atoms with Crippen LogP contribution < -0.4 is 0 Å². The van der Waals surface area contributed by atoms with Crippen molar-refractivity contribution in [2.24, 2.45) is 0 Å². The third-order valence-corrected chi connectivity index (χ3v) is 3.65. The molecule has 4 heteroatoms. The minimum absolute atomic E-state index is 0.0659. The van der Waals surface area contributed by atoms with Gasteiger partial charge in [0, 0.05) is 32.7 Å². The highest BCUT2D eigenvalue weighted by molar-refractivity contribution is 4.91. The van der Waals surface area contributed by atoms with Gasteiger partial charge in [-0.05, 0) is 19.3 Å². The summed E-state index contributed by atoms with van der Waals surface area (Å²) in [6, 6.07) is 0. The molecule has 88 valence electrons. The number of hydrogen-bond acceptors (Lipinski definition) is 4. The Balaban J connectivity index is 1.85. The predicted molar refractivity (Wildman–Crippen MR) is 56.7 cm³/mol. The summed E-state index contributed by atoms with van der Waals surface area (Å²) < 4.78 is 5.85. The first-order valence-corrected chi connectivity index (χ1v) is 5.89. The second-order valence-corrected chi connectivity index (χ2v) is 4.74. The molecule has 0 amide bonds. The Bertz CT molecular complexity index is 202. The van der Waals surface area contributed by atoms with Gasteiger partial charge in [0.25, 0.3) is 0 Å². The van der Waals surface area contributed by atoms with E-state index in [0.29, 0.717) is 6.61 Å². The molecule has 0 saturated carbocycles. The third-order valence-electron chi connectivity index (χ3n) is 3.65. The fourth-order valence-electron chi connectivity index (χ4n) is 2.68. The summed E-state index contributed by atoms with van der Waals surface area (Å²) in [6.07, 6.45) is 3.37. The monoisotopic (exact) mass is 215 g/mol. The topological polar surface area (TPSA) is 52.9 Å².